The monoisotopic (exact) mass is 377 g/mol. The molecular weight excluding hydrogens is 350 g/mol. The van der Waals surface area contributed by atoms with Crippen molar-refractivity contribution in [3.8, 4) is 0 Å². The molecule has 0 unspecified atom stereocenters. The number of aromatic nitrogens is 1. The molecule has 1 aliphatic carbocycles. The van der Waals surface area contributed by atoms with E-state index in [0.717, 1.165) is 48.6 Å². The highest BCUT2D eigenvalue weighted by Crippen LogP contribution is 2.26. The number of sulfonamides is 1. The Morgan fingerprint density at radius 2 is 2.00 bits per heavy atom. The summed E-state index contributed by atoms with van der Waals surface area (Å²) in [5.41, 5.74) is 2.75. The van der Waals surface area contributed by atoms with E-state index in [0.29, 0.717) is 17.8 Å². The molecule has 1 fully saturated rings. The maximum absolute atomic E-state index is 12.6. The molecule has 26 heavy (non-hydrogen) atoms. The molecule has 6 nitrogen and oxygen atoms in total. The highest BCUT2D eigenvalue weighted by Gasteiger charge is 2.21. The van der Waals surface area contributed by atoms with Crippen LogP contribution in [0.1, 0.15) is 61.5 Å². The molecule has 0 spiro atoms. The molecule has 0 aliphatic heterocycles. The van der Waals surface area contributed by atoms with E-state index < -0.39 is 10.0 Å². The average Bonchev–Trinajstić information content (AvgIpc) is 3.21. The number of rotatable bonds is 7. The lowest BCUT2D eigenvalue weighted by Gasteiger charge is -2.11. The Morgan fingerprint density at radius 1 is 1.27 bits per heavy atom. The number of anilines is 1. The van der Waals surface area contributed by atoms with Gasteiger partial charge in [-0.3, -0.25) is 9.52 Å². The second-order valence-corrected chi connectivity index (χ2v) is 8.96. The van der Waals surface area contributed by atoms with Crippen LogP contribution in [0, 0.1) is 6.92 Å². The molecule has 1 aromatic carbocycles. The number of amides is 1. The molecule has 1 heterocycles. The number of hydrogen-bond donors (Lipinski definition) is 3. The minimum atomic E-state index is -3.34. The summed E-state index contributed by atoms with van der Waals surface area (Å²) in [6.07, 6.45) is 5.86. The fourth-order valence-corrected chi connectivity index (χ4v) is 4.77. The predicted octanol–water partition coefficient (Wildman–Crippen LogP) is 3.69. The third-order valence-electron chi connectivity index (χ3n) is 5.02. The number of nitrogens with one attached hydrogen (secondary N) is 3. The minimum Gasteiger partial charge on any atom is -0.350 e. The normalized spacial score (nSPS) is 15.5. The van der Waals surface area contributed by atoms with Crippen molar-refractivity contribution in [2.45, 2.75) is 58.4 Å². The van der Waals surface area contributed by atoms with Gasteiger partial charge in [-0.2, -0.15) is 0 Å². The number of fused-ring (bicyclic) bond motifs is 1. The lowest BCUT2D eigenvalue weighted by molar-refractivity contribution is 0.0933. The third kappa shape index (κ3) is 4.20. The Balaban J connectivity index is 1.81. The SMILES string of the molecule is CCCCS(=O)(=O)Nc1ccc2[nH]c(C(=O)NC3CCCC3)c(C)c2c1. The molecule has 0 atom stereocenters. The third-order valence-corrected chi connectivity index (χ3v) is 6.39. The van der Waals surface area contributed by atoms with Crippen molar-refractivity contribution in [2.24, 2.45) is 0 Å². The quantitative estimate of drug-likeness (QED) is 0.687. The van der Waals surface area contributed by atoms with E-state index in [4.69, 9.17) is 0 Å². The summed E-state index contributed by atoms with van der Waals surface area (Å²) in [5, 5.41) is 3.95. The van der Waals surface area contributed by atoms with E-state index >= 15 is 0 Å². The Labute approximate surface area is 154 Å². The molecule has 3 rings (SSSR count). The number of carbonyl (C=O) groups is 1. The molecule has 1 saturated carbocycles. The van der Waals surface area contributed by atoms with Crippen LogP contribution in [0.25, 0.3) is 10.9 Å². The predicted molar refractivity (Wildman–Crippen MR) is 105 cm³/mol. The largest absolute Gasteiger partial charge is 0.350 e. The molecule has 3 N–H and O–H groups in total. The number of carbonyl (C=O) groups excluding carboxylic acids is 1. The summed E-state index contributed by atoms with van der Waals surface area (Å²) in [4.78, 5) is 15.7. The zero-order chi connectivity index (χ0) is 18.7. The summed E-state index contributed by atoms with van der Waals surface area (Å²) < 4.78 is 26.8. The van der Waals surface area contributed by atoms with E-state index in [1.165, 1.54) is 0 Å². The second-order valence-electron chi connectivity index (χ2n) is 7.11. The first-order valence-corrected chi connectivity index (χ1v) is 11.0. The maximum Gasteiger partial charge on any atom is 0.268 e. The first-order valence-electron chi connectivity index (χ1n) is 9.33. The van der Waals surface area contributed by atoms with Gasteiger partial charge in [-0.05, 0) is 49.9 Å². The number of benzene rings is 1. The standard InChI is InChI=1S/C19H27N3O3S/c1-3-4-11-26(24,25)22-15-9-10-17-16(12-15)13(2)18(21-17)19(23)20-14-7-5-6-8-14/h9-10,12,14,21-22H,3-8,11H2,1-2H3,(H,20,23). The van der Waals surface area contributed by atoms with Crippen molar-refractivity contribution in [2.75, 3.05) is 10.5 Å². The van der Waals surface area contributed by atoms with Gasteiger partial charge in [-0.1, -0.05) is 26.2 Å². The van der Waals surface area contributed by atoms with Crippen LogP contribution in [0.2, 0.25) is 0 Å². The average molecular weight is 378 g/mol. The van der Waals surface area contributed by atoms with E-state index in [9.17, 15) is 13.2 Å². The highest BCUT2D eigenvalue weighted by molar-refractivity contribution is 7.92. The van der Waals surface area contributed by atoms with Gasteiger partial charge in [0.25, 0.3) is 5.91 Å². The zero-order valence-corrected chi connectivity index (χ0v) is 16.2. The minimum absolute atomic E-state index is 0.0873. The highest BCUT2D eigenvalue weighted by atomic mass is 32.2. The van der Waals surface area contributed by atoms with Crippen molar-refractivity contribution >= 4 is 32.5 Å². The first-order chi connectivity index (χ1) is 12.4. The number of aromatic amines is 1. The molecule has 7 heteroatoms. The lowest BCUT2D eigenvalue weighted by atomic mass is 10.1. The van der Waals surface area contributed by atoms with Crippen LogP contribution in [0.15, 0.2) is 18.2 Å². The van der Waals surface area contributed by atoms with Gasteiger partial charge in [0.1, 0.15) is 5.69 Å². The van der Waals surface area contributed by atoms with Gasteiger partial charge in [0, 0.05) is 22.6 Å². The maximum atomic E-state index is 12.6. The smallest absolute Gasteiger partial charge is 0.268 e. The second kappa shape index (κ2) is 7.70. The summed E-state index contributed by atoms with van der Waals surface area (Å²) in [6, 6.07) is 5.58. The van der Waals surface area contributed by atoms with E-state index in [2.05, 4.69) is 15.0 Å². The molecule has 142 valence electrons. The molecule has 0 radical (unpaired) electrons. The topological polar surface area (TPSA) is 91.1 Å². The Morgan fingerprint density at radius 3 is 2.69 bits per heavy atom. The summed E-state index contributed by atoms with van der Waals surface area (Å²) in [5.74, 6) is 0.0265. The van der Waals surface area contributed by atoms with Crippen LogP contribution in [0.4, 0.5) is 5.69 Å². The summed E-state index contributed by atoms with van der Waals surface area (Å²) >= 11 is 0. The van der Waals surface area contributed by atoms with Crippen molar-refractivity contribution in [1.82, 2.24) is 10.3 Å². The van der Waals surface area contributed by atoms with E-state index in [1.807, 2.05) is 19.9 Å². The number of hydrogen-bond acceptors (Lipinski definition) is 3. The summed E-state index contributed by atoms with van der Waals surface area (Å²) in [7, 11) is -3.34. The zero-order valence-electron chi connectivity index (χ0n) is 15.4. The molecule has 1 amide bonds. The molecular formula is C19H27N3O3S. The molecule has 1 aromatic heterocycles. The van der Waals surface area contributed by atoms with Crippen molar-refractivity contribution in [1.29, 1.82) is 0 Å². The van der Waals surface area contributed by atoms with Crippen LogP contribution in [-0.4, -0.2) is 31.1 Å². The van der Waals surface area contributed by atoms with Gasteiger partial charge >= 0.3 is 0 Å². The Bertz CT molecular complexity index is 896. The Hall–Kier alpha value is -2.02. The van der Waals surface area contributed by atoms with Crippen LogP contribution in [-0.2, 0) is 10.0 Å². The Kier molecular flexibility index (Phi) is 5.55. The van der Waals surface area contributed by atoms with Crippen molar-refractivity contribution < 1.29 is 13.2 Å². The van der Waals surface area contributed by atoms with E-state index in [1.54, 1.807) is 12.1 Å². The van der Waals surface area contributed by atoms with Gasteiger partial charge in [0.15, 0.2) is 0 Å². The van der Waals surface area contributed by atoms with Gasteiger partial charge in [0.05, 0.1) is 5.75 Å². The van der Waals surface area contributed by atoms with E-state index in [-0.39, 0.29) is 17.7 Å². The summed E-state index contributed by atoms with van der Waals surface area (Å²) in [6.45, 7) is 3.85. The first kappa shape index (κ1) is 18.8. The fourth-order valence-electron chi connectivity index (χ4n) is 3.51. The van der Waals surface area contributed by atoms with Crippen LogP contribution < -0.4 is 10.0 Å². The lowest BCUT2D eigenvalue weighted by Crippen LogP contribution is -2.33. The van der Waals surface area contributed by atoms with Gasteiger partial charge in [0.2, 0.25) is 10.0 Å². The van der Waals surface area contributed by atoms with Crippen molar-refractivity contribution in [3.05, 3.63) is 29.5 Å². The van der Waals surface area contributed by atoms with Gasteiger partial charge in [-0.15, -0.1) is 0 Å². The van der Waals surface area contributed by atoms with Gasteiger partial charge in [-0.25, -0.2) is 8.42 Å². The van der Waals surface area contributed by atoms with Crippen LogP contribution in [0.3, 0.4) is 0 Å². The van der Waals surface area contributed by atoms with Crippen LogP contribution >= 0.6 is 0 Å². The molecule has 0 bridgehead atoms. The molecule has 2 aromatic rings. The number of aryl methyl sites for hydroxylation is 1. The van der Waals surface area contributed by atoms with Crippen molar-refractivity contribution in [3.63, 3.8) is 0 Å². The molecule has 1 aliphatic rings. The number of H-pyrrole nitrogens is 1. The van der Waals surface area contributed by atoms with Crippen LogP contribution in [0.5, 0.6) is 0 Å². The number of unbranched alkanes of at least 4 members (excludes halogenated alkanes) is 1. The van der Waals surface area contributed by atoms with Gasteiger partial charge < -0.3 is 10.3 Å². The molecule has 0 saturated heterocycles. The fraction of sp³-hybridized carbons (Fsp3) is 0.526.